The van der Waals surface area contributed by atoms with Gasteiger partial charge in [-0.1, -0.05) is 13.8 Å². The van der Waals surface area contributed by atoms with Crippen molar-refractivity contribution in [3.63, 3.8) is 0 Å². The highest BCUT2D eigenvalue weighted by Crippen LogP contribution is 2.42. The molecule has 0 aliphatic carbocycles. The van der Waals surface area contributed by atoms with Crippen LogP contribution >= 0.6 is 0 Å². The first-order valence-corrected chi connectivity index (χ1v) is 7.96. The van der Waals surface area contributed by atoms with Crippen LogP contribution in [0.1, 0.15) is 31.9 Å². The largest absolute Gasteiger partial charge is 0.507 e. The summed E-state index contributed by atoms with van der Waals surface area (Å²) in [6.07, 6.45) is 0.982. The molecule has 1 aliphatic rings. The molecule has 5 nitrogen and oxygen atoms in total. The molecule has 1 atom stereocenters. The average molecular weight is 308 g/mol. The van der Waals surface area contributed by atoms with Crippen molar-refractivity contribution in [2.45, 2.75) is 26.3 Å². The second-order valence-electron chi connectivity index (χ2n) is 6.19. The zero-order valence-corrected chi connectivity index (χ0v) is 14.1. The van der Waals surface area contributed by atoms with E-state index < -0.39 is 0 Å². The number of aromatic hydroxyl groups is 1. The summed E-state index contributed by atoms with van der Waals surface area (Å²) in [6, 6.07) is 3.68. The molecule has 1 saturated heterocycles. The lowest BCUT2D eigenvalue weighted by Crippen LogP contribution is -2.45. The van der Waals surface area contributed by atoms with E-state index in [1.54, 1.807) is 20.3 Å². The third kappa shape index (κ3) is 3.84. The Hall–Kier alpha value is -1.46. The Labute approximate surface area is 133 Å². The second-order valence-corrected chi connectivity index (χ2v) is 6.19. The highest BCUT2D eigenvalue weighted by Gasteiger charge is 2.28. The molecule has 1 heterocycles. The highest BCUT2D eigenvalue weighted by atomic mass is 16.5. The lowest BCUT2D eigenvalue weighted by atomic mass is 9.93. The third-order valence-electron chi connectivity index (χ3n) is 4.17. The minimum absolute atomic E-state index is 0.156. The molecule has 1 aromatic rings. The van der Waals surface area contributed by atoms with Crippen molar-refractivity contribution in [1.82, 2.24) is 10.2 Å². The summed E-state index contributed by atoms with van der Waals surface area (Å²) in [4.78, 5) is 2.43. The predicted octanol–water partition coefficient (Wildman–Crippen LogP) is 2.40. The summed E-state index contributed by atoms with van der Waals surface area (Å²) < 4.78 is 10.8. The molecule has 22 heavy (non-hydrogen) atoms. The molecule has 0 amide bonds. The van der Waals surface area contributed by atoms with Crippen LogP contribution < -0.4 is 14.8 Å². The van der Waals surface area contributed by atoms with Gasteiger partial charge >= 0.3 is 0 Å². The van der Waals surface area contributed by atoms with Gasteiger partial charge in [0.1, 0.15) is 17.2 Å². The second kappa shape index (κ2) is 7.70. The van der Waals surface area contributed by atoms with E-state index in [1.807, 2.05) is 6.07 Å². The number of ether oxygens (including phenoxy) is 2. The number of phenols is 1. The number of hydrogen-bond donors (Lipinski definition) is 2. The van der Waals surface area contributed by atoms with E-state index in [4.69, 9.17) is 9.47 Å². The van der Waals surface area contributed by atoms with E-state index in [0.29, 0.717) is 17.4 Å². The van der Waals surface area contributed by atoms with Gasteiger partial charge < -0.3 is 19.9 Å². The van der Waals surface area contributed by atoms with Gasteiger partial charge in [0, 0.05) is 44.4 Å². The highest BCUT2D eigenvalue weighted by molar-refractivity contribution is 5.51. The van der Waals surface area contributed by atoms with E-state index >= 15 is 0 Å². The maximum Gasteiger partial charge on any atom is 0.131 e. The Morgan fingerprint density at radius 1 is 1.18 bits per heavy atom. The van der Waals surface area contributed by atoms with Crippen molar-refractivity contribution in [1.29, 1.82) is 0 Å². The number of hydrogen-bond acceptors (Lipinski definition) is 5. The minimum atomic E-state index is 0.156. The lowest BCUT2D eigenvalue weighted by molar-refractivity contribution is 0.148. The first-order chi connectivity index (χ1) is 10.6. The van der Waals surface area contributed by atoms with Crippen LogP contribution in [0.4, 0.5) is 0 Å². The number of phenolic OH excluding ortho intramolecular Hbond substituents is 1. The summed E-state index contributed by atoms with van der Waals surface area (Å²) >= 11 is 0. The summed E-state index contributed by atoms with van der Waals surface area (Å²) in [5, 5.41) is 13.9. The molecule has 2 N–H and O–H groups in total. The van der Waals surface area contributed by atoms with Crippen LogP contribution in [0.5, 0.6) is 17.2 Å². The number of nitrogens with zero attached hydrogens (tertiary/aromatic N) is 1. The van der Waals surface area contributed by atoms with Crippen molar-refractivity contribution in [2.75, 3.05) is 40.4 Å². The fraction of sp³-hybridized carbons (Fsp3) is 0.647. The lowest BCUT2D eigenvalue weighted by Gasteiger charge is -2.37. The smallest absolute Gasteiger partial charge is 0.131 e. The van der Waals surface area contributed by atoms with Gasteiger partial charge in [0.05, 0.1) is 19.8 Å². The van der Waals surface area contributed by atoms with Crippen LogP contribution in [-0.4, -0.2) is 50.4 Å². The van der Waals surface area contributed by atoms with Crippen molar-refractivity contribution >= 4 is 0 Å². The minimum Gasteiger partial charge on any atom is -0.507 e. The number of piperazine rings is 1. The van der Waals surface area contributed by atoms with Gasteiger partial charge in [-0.15, -0.1) is 0 Å². The number of nitrogens with one attached hydrogen (secondary N) is 1. The fourth-order valence-electron chi connectivity index (χ4n) is 3.10. The third-order valence-corrected chi connectivity index (χ3v) is 4.17. The summed E-state index contributed by atoms with van der Waals surface area (Å²) in [5.74, 6) is 2.09. The van der Waals surface area contributed by atoms with Gasteiger partial charge in [-0.05, 0) is 12.3 Å². The Morgan fingerprint density at radius 2 is 1.86 bits per heavy atom. The standard InChI is InChI=1S/C17H28N2O3/c1-12(2)9-14(19-7-5-18-6-8-19)17-15(20)10-13(21-3)11-16(17)22-4/h10-12,14,18,20H,5-9H2,1-4H3/t14-/m0/s1. The molecule has 5 heteroatoms. The number of rotatable bonds is 6. The van der Waals surface area contributed by atoms with Gasteiger partial charge in [-0.3, -0.25) is 4.90 Å². The predicted molar refractivity (Wildman–Crippen MR) is 87.8 cm³/mol. The van der Waals surface area contributed by atoms with Crippen LogP contribution in [0, 0.1) is 5.92 Å². The summed E-state index contributed by atoms with van der Waals surface area (Å²) in [6.45, 7) is 8.34. The van der Waals surface area contributed by atoms with E-state index in [2.05, 4.69) is 24.1 Å². The first-order valence-electron chi connectivity index (χ1n) is 7.96. The van der Waals surface area contributed by atoms with Crippen LogP contribution in [0.15, 0.2) is 12.1 Å². The molecule has 0 radical (unpaired) electrons. The first kappa shape index (κ1) is 16.9. The molecule has 0 unspecified atom stereocenters. The van der Waals surface area contributed by atoms with Crippen molar-refractivity contribution in [3.05, 3.63) is 17.7 Å². The Kier molecular flexibility index (Phi) is 5.91. The van der Waals surface area contributed by atoms with Gasteiger partial charge in [0.25, 0.3) is 0 Å². The molecule has 1 aliphatic heterocycles. The van der Waals surface area contributed by atoms with Crippen molar-refractivity contribution in [3.8, 4) is 17.2 Å². The molecule has 0 aromatic heterocycles. The van der Waals surface area contributed by atoms with Crippen LogP contribution in [-0.2, 0) is 0 Å². The van der Waals surface area contributed by atoms with E-state index in [0.717, 1.165) is 38.2 Å². The molecular formula is C17H28N2O3. The molecule has 2 rings (SSSR count). The van der Waals surface area contributed by atoms with Crippen LogP contribution in [0.3, 0.4) is 0 Å². The summed E-state index contributed by atoms with van der Waals surface area (Å²) in [7, 11) is 3.23. The summed E-state index contributed by atoms with van der Waals surface area (Å²) in [5.41, 5.74) is 0.874. The number of benzene rings is 1. The molecule has 1 fully saturated rings. The monoisotopic (exact) mass is 308 g/mol. The van der Waals surface area contributed by atoms with Crippen LogP contribution in [0.2, 0.25) is 0 Å². The molecule has 124 valence electrons. The van der Waals surface area contributed by atoms with E-state index in [-0.39, 0.29) is 11.8 Å². The quantitative estimate of drug-likeness (QED) is 0.845. The fourth-order valence-corrected chi connectivity index (χ4v) is 3.10. The SMILES string of the molecule is COc1cc(O)c([C@H](CC(C)C)N2CCNCC2)c(OC)c1. The molecule has 1 aromatic carbocycles. The maximum atomic E-state index is 10.5. The van der Waals surface area contributed by atoms with Gasteiger partial charge in [-0.25, -0.2) is 0 Å². The Morgan fingerprint density at radius 3 is 2.41 bits per heavy atom. The van der Waals surface area contributed by atoms with Gasteiger partial charge in [0.15, 0.2) is 0 Å². The maximum absolute atomic E-state index is 10.5. The zero-order valence-electron chi connectivity index (χ0n) is 14.1. The van der Waals surface area contributed by atoms with Crippen LogP contribution in [0.25, 0.3) is 0 Å². The Bertz CT molecular complexity index is 485. The van der Waals surface area contributed by atoms with Crippen molar-refractivity contribution in [2.24, 2.45) is 5.92 Å². The molecular weight excluding hydrogens is 280 g/mol. The van der Waals surface area contributed by atoms with Gasteiger partial charge in [-0.2, -0.15) is 0 Å². The molecule has 0 saturated carbocycles. The average Bonchev–Trinajstić information content (AvgIpc) is 2.52. The number of methoxy groups -OCH3 is 2. The molecule has 0 spiro atoms. The van der Waals surface area contributed by atoms with E-state index in [9.17, 15) is 5.11 Å². The normalized spacial score (nSPS) is 17.5. The van der Waals surface area contributed by atoms with E-state index in [1.165, 1.54) is 0 Å². The Balaban J connectivity index is 2.41. The van der Waals surface area contributed by atoms with Gasteiger partial charge in [0.2, 0.25) is 0 Å². The topological polar surface area (TPSA) is 54.0 Å². The zero-order chi connectivity index (χ0) is 16.1. The molecule has 0 bridgehead atoms. The van der Waals surface area contributed by atoms with Crippen molar-refractivity contribution < 1.29 is 14.6 Å².